The molecule has 0 saturated carbocycles. The molecule has 28 heavy (non-hydrogen) atoms. The molecule has 0 radical (unpaired) electrons. The number of aryl methyl sites for hydroxylation is 1. The summed E-state index contributed by atoms with van der Waals surface area (Å²) in [4.78, 5) is 8.77. The molecular formula is C18H15ClN6O3. The maximum absolute atomic E-state index is 12.9. The van der Waals surface area contributed by atoms with Crippen molar-refractivity contribution in [3.05, 3.63) is 45.8 Å². The van der Waals surface area contributed by atoms with Crippen molar-refractivity contribution in [1.29, 1.82) is 5.26 Å². The van der Waals surface area contributed by atoms with Crippen LogP contribution in [0.5, 0.6) is 0 Å². The van der Waals surface area contributed by atoms with Crippen LogP contribution in [-0.2, 0) is 10.3 Å². The quantitative estimate of drug-likeness (QED) is 0.384. The van der Waals surface area contributed by atoms with Gasteiger partial charge >= 0.3 is 0 Å². The second-order valence-electron chi connectivity index (χ2n) is 6.73. The fraction of sp³-hybridized carbons (Fsp3) is 0.278. The molecule has 0 amide bonds. The minimum atomic E-state index is -0.764. The summed E-state index contributed by atoms with van der Waals surface area (Å²) in [6.45, 7) is 5.23. The summed E-state index contributed by atoms with van der Waals surface area (Å²) < 4.78 is 13.1. The van der Waals surface area contributed by atoms with E-state index in [9.17, 15) is 10.5 Å². The molecule has 4 aromatic rings. The number of rotatable bonds is 3. The molecule has 0 spiro atoms. The number of nitrogens with zero attached hydrogens (tertiary/aromatic N) is 6. The number of hydrogen-bond acceptors (Lipinski definition) is 7. The van der Waals surface area contributed by atoms with Gasteiger partial charge in [-0.05, 0) is 26.0 Å². The van der Waals surface area contributed by atoms with Crippen LogP contribution in [0.1, 0.15) is 31.0 Å². The van der Waals surface area contributed by atoms with Crippen LogP contribution in [0.3, 0.4) is 0 Å². The monoisotopic (exact) mass is 398 g/mol. The van der Waals surface area contributed by atoms with Gasteiger partial charge in [-0.3, -0.25) is 4.40 Å². The lowest BCUT2D eigenvalue weighted by molar-refractivity contribution is -0.583. The van der Waals surface area contributed by atoms with E-state index in [0.717, 1.165) is 0 Å². The highest BCUT2D eigenvalue weighted by atomic mass is 35.5. The number of halogens is 1. The Labute approximate surface area is 164 Å². The molecule has 4 rings (SSSR count). The molecule has 0 aliphatic rings. The van der Waals surface area contributed by atoms with E-state index in [1.165, 1.54) is 0 Å². The van der Waals surface area contributed by atoms with Crippen molar-refractivity contribution in [2.45, 2.75) is 26.4 Å². The van der Waals surface area contributed by atoms with Gasteiger partial charge in [-0.15, -0.1) is 0 Å². The zero-order valence-electron chi connectivity index (χ0n) is 15.5. The maximum Gasteiger partial charge on any atom is 0.260 e. The molecule has 142 valence electrons. The zero-order chi connectivity index (χ0) is 20.2. The molecular weight excluding hydrogens is 384 g/mol. The number of nitriles is 1. The molecule has 9 nitrogen and oxygen atoms in total. The van der Waals surface area contributed by atoms with Gasteiger partial charge in [0.15, 0.2) is 0 Å². The summed E-state index contributed by atoms with van der Waals surface area (Å²) in [7, 11) is 1.55. The van der Waals surface area contributed by atoms with E-state index >= 15 is 0 Å². The average Bonchev–Trinajstić information content (AvgIpc) is 3.33. The van der Waals surface area contributed by atoms with E-state index in [0.29, 0.717) is 27.2 Å². The highest BCUT2D eigenvalue weighted by Crippen LogP contribution is 2.30. The average molecular weight is 399 g/mol. The molecule has 0 aliphatic heterocycles. The minimum Gasteiger partial charge on any atom is -0.618 e. The molecule has 0 saturated heterocycles. The molecule has 0 N–H and O–H groups in total. The lowest BCUT2D eigenvalue weighted by Crippen LogP contribution is -2.33. The molecule has 0 fully saturated rings. The van der Waals surface area contributed by atoms with Crippen molar-refractivity contribution >= 4 is 28.2 Å². The highest BCUT2D eigenvalue weighted by molar-refractivity contribution is 6.32. The van der Waals surface area contributed by atoms with E-state index < -0.39 is 5.60 Å². The standard InChI is InChI=1S/C18H15ClN6O3/c1-9-14-13(16-22-17(28-23-16)18(2,3)27-4)21-8-24(14)12-6-5-11(19)10(7-20)15(12)25(9)26/h5-6,8H,1-4H3. The predicted octanol–water partition coefficient (Wildman–Crippen LogP) is 2.89. The first-order valence-corrected chi connectivity index (χ1v) is 8.69. The Kier molecular flexibility index (Phi) is 3.99. The smallest absolute Gasteiger partial charge is 0.260 e. The van der Waals surface area contributed by atoms with Crippen LogP contribution in [0.15, 0.2) is 23.0 Å². The normalized spacial score (nSPS) is 12.0. The van der Waals surface area contributed by atoms with Crippen molar-refractivity contribution < 1.29 is 14.0 Å². The van der Waals surface area contributed by atoms with Crippen molar-refractivity contribution in [1.82, 2.24) is 19.5 Å². The Bertz CT molecular complexity index is 1280. The number of methoxy groups -OCH3 is 1. The third-order valence-electron chi connectivity index (χ3n) is 4.76. The van der Waals surface area contributed by atoms with Crippen molar-refractivity contribution in [3.63, 3.8) is 0 Å². The SMILES string of the molecule is COC(C)(C)c1nc(-c2ncn3c2c(C)[n+]([O-])c2c(C#N)c(Cl)ccc23)no1. The van der Waals surface area contributed by atoms with E-state index in [4.69, 9.17) is 20.9 Å². The van der Waals surface area contributed by atoms with Crippen molar-refractivity contribution in [2.75, 3.05) is 7.11 Å². The summed E-state index contributed by atoms with van der Waals surface area (Å²) in [5.74, 6) is 0.526. The number of fused-ring (bicyclic) bond motifs is 3. The Morgan fingerprint density at radius 3 is 2.82 bits per heavy atom. The molecule has 0 aliphatic carbocycles. The van der Waals surface area contributed by atoms with Crippen molar-refractivity contribution in [3.8, 4) is 17.6 Å². The minimum absolute atomic E-state index is 0.109. The van der Waals surface area contributed by atoms with E-state index in [1.807, 2.05) is 6.07 Å². The molecule has 3 heterocycles. The summed E-state index contributed by atoms with van der Waals surface area (Å²) in [6.07, 6.45) is 1.55. The van der Waals surface area contributed by atoms with E-state index in [1.54, 1.807) is 50.7 Å². The van der Waals surface area contributed by atoms with Crippen LogP contribution in [-0.4, -0.2) is 26.6 Å². The molecule has 0 bridgehead atoms. The van der Waals surface area contributed by atoms with Gasteiger partial charge in [0.2, 0.25) is 11.5 Å². The Morgan fingerprint density at radius 2 is 2.14 bits per heavy atom. The molecule has 0 unspecified atom stereocenters. The highest BCUT2D eigenvalue weighted by Gasteiger charge is 2.30. The van der Waals surface area contributed by atoms with E-state index in [2.05, 4.69) is 15.1 Å². The van der Waals surface area contributed by atoms with Gasteiger partial charge in [0.1, 0.15) is 40.3 Å². The van der Waals surface area contributed by atoms with Gasteiger partial charge < -0.3 is 14.5 Å². The number of imidazole rings is 1. The van der Waals surface area contributed by atoms with E-state index in [-0.39, 0.29) is 27.8 Å². The molecule has 3 aromatic heterocycles. The van der Waals surface area contributed by atoms with Gasteiger partial charge in [0, 0.05) is 14.0 Å². The van der Waals surface area contributed by atoms with Crippen LogP contribution < -0.4 is 4.73 Å². The summed E-state index contributed by atoms with van der Waals surface area (Å²) in [5.41, 5.74) is 1.25. The summed E-state index contributed by atoms with van der Waals surface area (Å²) >= 11 is 6.10. The van der Waals surface area contributed by atoms with Gasteiger partial charge in [-0.2, -0.15) is 15.0 Å². The lowest BCUT2D eigenvalue weighted by Gasteiger charge is -2.16. The molecule has 1 aromatic carbocycles. The number of hydrogen-bond donors (Lipinski definition) is 0. The Balaban J connectivity index is 2.03. The van der Waals surface area contributed by atoms with Crippen LogP contribution in [0.25, 0.3) is 28.1 Å². The van der Waals surface area contributed by atoms with Crippen molar-refractivity contribution in [2.24, 2.45) is 0 Å². The topological polar surface area (TPSA) is 116 Å². The number of aromatic nitrogens is 5. The molecule has 0 atom stereocenters. The predicted molar refractivity (Wildman–Crippen MR) is 99.4 cm³/mol. The first kappa shape index (κ1) is 18.2. The second kappa shape index (κ2) is 6.15. The van der Waals surface area contributed by atoms with Gasteiger partial charge in [0.25, 0.3) is 11.4 Å². The van der Waals surface area contributed by atoms with Crippen LogP contribution in [0.4, 0.5) is 0 Å². The number of benzene rings is 1. The Hall–Kier alpha value is -3.22. The fourth-order valence-corrected chi connectivity index (χ4v) is 3.21. The summed E-state index contributed by atoms with van der Waals surface area (Å²) in [5, 5.41) is 26.6. The fourth-order valence-electron chi connectivity index (χ4n) is 3.02. The number of ether oxygens (including phenoxy) is 1. The summed E-state index contributed by atoms with van der Waals surface area (Å²) in [6, 6.07) is 5.24. The van der Waals surface area contributed by atoms with Crippen LogP contribution in [0.2, 0.25) is 5.02 Å². The van der Waals surface area contributed by atoms with Crippen LogP contribution in [0, 0.1) is 23.5 Å². The largest absolute Gasteiger partial charge is 0.618 e. The first-order chi connectivity index (χ1) is 13.3. The first-order valence-electron chi connectivity index (χ1n) is 8.31. The second-order valence-corrected chi connectivity index (χ2v) is 7.14. The van der Waals surface area contributed by atoms with Gasteiger partial charge in [0.05, 0.1) is 5.02 Å². The van der Waals surface area contributed by atoms with Crippen LogP contribution >= 0.6 is 11.6 Å². The van der Waals surface area contributed by atoms with Gasteiger partial charge in [-0.1, -0.05) is 16.8 Å². The van der Waals surface area contributed by atoms with Gasteiger partial charge in [-0.25, -0.2) is 4.98 Å². The lowest BCUT2D eigenvalue weighted by atomic mass is 10.1. The molecule has 10 heteroatoms. The zero-order valence-corrected chi connectivity index (χ0v) is 16.3. The Morgan fingerprint density at radius 1 is 1.39 bits per heavy atom. The maximum atomic E-state index is 12.9. The third-order valence-corrected chi connectivity index (χ3v) is 5.07. The third kappa shape index (κ3) is 2.42.